The first kappa shape index (κ1) is 6.31. The van der Waals surface area contributed by atoms with Crippen molar-refractivity contribution in [3.63, 3.8) is 0 Å². The summed E-state index contributed by atoms with van der Waals surface area (Å²) in [6.07, 6.45) is 2.93. The van der Waals surface area contributed by atoms with E-state index >= 15 is 0 Å². The molecule has 0 aromatic rings. The van der Waals surface area contributed by atoms with Crippen LogP contribution in [0.15, 0.2) is 0 Å². The standard InChI is InChI=1S/C4H8S.H3N/c1-2-4-5-3-1;/h1-4H2;1H3. The molecule has 1 nitrogen and oxygen atoms in total. The average molecular weight is 105 g/mol. The van der Waals surface area contributed by atoms with E-state index in [0.29, 0.717) is 0 Å². The van der Waals surface area contributed by atoms with Crippen LogP contribution in [-0.2, 0) is 0 Å². The van der Waals surface area contributed by atoms with Crippen molar-refractivity contribution in [2.45, 2.75) is 12.8 Å². The van der Waals surface area contributed by atoms with Crippen LogP contribution in [0.25, 0.3) is 0 Å². The maximum atomic E-state index is 2.07. The molecule has 0 aromatic heterocycles. The molecule has 0 aliphatic carbocycles. The van der Waals surface area contributed by atoms with Gasteiger partial charge in [-0.3, -0.25) is 0 Å². The van der Waals surface area contributed by atoms with Crippen molar-refractivity contribution in [1.82, 2.24) is 6.15 Å². The molecule has 1 rings (SSSR count). The van der Waals surface area contributed by atoms with Crippen LogP contribution in [0.4, 0.5) is 0 Å². The molecular weight excluding hydrogens is 94.1 g/mol. The van der Waals surface area contributed by atoms with Crippen LogP contribution in [0.5, 0.6) is 0 Å². The molecule has 2 heteroatoms. The third-order valence-electron chi connectivity index (χ3n) is 0.827. The number of rotatable bonds is 0. The summed E-state index contributed by atoms with van der Waals surface area (Å²) in [6.45, 7) is 0. The van der Waals surface area contributed by atoms with E-state index < -0.39 is 0 Å². The highest BCUT2D eigenvalue weighted by Gasteiger charge is 1.95. The average Bonchev–Trinajstić information content (AvgIpc) is 1.76. The third kappa shape index (κ3) is 1.67. The van der Waals surface area contributed by atoms with Gasteiger partial charge in [-0.15, -0.1) is 0 Å². The molecule has 0 atom stereocenters. The quantitative estimate of drug-likeness (QED) is 0.508. The lowest BCUT2D eigenvalue weighted by Crippen LogP contribution is -1.58. The van der Waals surface area contributed by atoms with Gasteiger partial charge >= 0.3 is 0 Å². The molecule has 0 bridgehead atoms. The zero-order valence-corrected chi connectivity index (χ0v) is 4.76. The van der Waals surface area contributed by atoms with Gasteiger partial charge in [-0.25, -0.2) is 0 Å². The first-order valence-corrected chi connectivity index (χ1v) is 3.23. The van der Waals surface area contributed by atoms with Gasteiger partial charge in [-0.1, -0.05) is 0 Å². The van der Waals surface area contributed by atoms with E-state index in [1.165, 1.54) is 24.3 Å². The zero-order chi connectivity index (χ0) is 3.54. The van der Waals surface area contributed by atoms with Crippen LogP contribution in [-0.4, -0.2) is 11.5 Å². The number of hydrogen-bond donors (Lipinski definition) is 1. The monoisotopic (exact) mass is 105 g/mol. The Morgan fingerprint density at radius 1 is 1.00 bits per heavy atom. The Morgan fingerprint density at radius 3 is 1.67 bits per heavy atom. The lowest BCUT2D eigenvalue weighted by atomic mass is 10.4. The van der Waals surface area contributed by atoms with Gasteiger partial charge in [0.1, 0.15) is 0 Å². The van der Waals surface area contributed by atoms with Crippen LogP contribution in [0.2, 0.25) is 0 Å². The van der Waals surface area contributed by atoms with Gasteiger partial charge < -0.3 is 6.15 Å². The molecule has 1 aliphatic rings. The van der Waals surface area contributed by atoms with E-state index in [1.807, 2.05) is 0 Å². The van der Waals surface area contributed by atoms with Gasteiger partial charge in [0, 0.05) is 0 Å². The minimum absolute atomic E-state index is 0. The van der Waals surface area contributed by atoms with Crippen LogP contribution in [0.1, 0.15) is 12.8 Å². The molecule has 3 N–H and O–H groups in total. The molecule has 1 heterocycles. The van der Waals surface area contributed by atoms with Gasteiger partial charge in [-0.2, -0.15) is 11.8 Å². The summed E-state index contributed by atoms with van der Waals surface area (Å²) in [6, 6.07) is 0. The normalized spacial score (nSPS) is 20.0. The Morgan fingerprint density at radius 2 is 1.50 bits per heavy atom. The molecule has 6 heavy (non-hydrogen) atoms. The number of hydrogen-bond acceptors (Lipinski definition) is 2. The van der Waals surface area contributed by atoms with E-state index in [-0.39, 0.29) is 6.15 Å². The van der Waals surface area contributed by atoms with Gasteiger partial charge in [0.15, 0.2) is 0 Å². The Kier molecular flexibility index (Phi) is 3.68. The predicted molar refractivity (Wildman–Crippen MR) is 31.6 cm³/mol. The molecule has 1 fully saturated rings. The molecule has 1 aliphatic heterocycles. The fraction of sp³-hybridized carbons (Fsp3) is 1.00. The SMILES string of the molecule is C1CCSC1.N. The molecule has 0 radical (unpaired) electrons. The van der Waals surface area contributed by atoms with Crippen molar-refractivity contribution in [1.29, 1.82) is 0 Å². The van der Waals surface area contributed by atoms with Crippen molar-refractivity contribution < 1.29 is 0 Å². The maximum Gasteiger partial charge on any atom is -0.00672 e. The Labute approximate surface area is 43.1 Å². The lowest BCUT2D eigenvalue weighted by Gasteiger charge is -1.69. The zero-order valence-electron chi connectivity index (χ0n) is 3.94. The van der Waals surface area contributed by atoms with Crippen molar-refractivity contribution in [3.05, 3.63) is 0 Å². The van der Waals surface area contributed by atoms with Crippen LogP contribution in [0.3, 0.4) is 0 Å². The maximum absolute atomic E-state index is 2.07. The third-order valence-corrected chi connectivity index (χ3v) is 1.98. The summed E-state index contributed by atoms with van der Waals surface area (Å²) < 4.78 is 0. The van der Waals surface area contributed by atoms with Gasteiger partial charge in [0.2, 0.25) is 0 Å². The smallest absolute Gasteiger partial charge is 0.00672 e. The van der Waals surface area contributed by atoms with Gasteiger partial charge in [-0.05, 0) is 24.3 Å². The molecular formula is C4H11NS. The van der Waals surface area contributed by atoms with E-state index in [1.54, 1.807) is 0 Å². The lowest BCUT2D eigenvalue weighted by molar-refractivity contribution is 0.949. The summed E-state index contributed by atoms with van der Waals surface area (Å²) in [5.41, 5.74) is 0. The Hall–Kier alpha value is 0.310. The molecule has 38 valence electrons. The van der Waals surface area contributed by atoms with Crippen LogP contribution in [0, 0.1) is 0 Å². The summed E-state index contributed by atoms with van der Waals surface area (Å²) in [7, 11) is 0. The molecule has 0 amide bonds. The molecule has 0 saturated carbocycles. The second kappa shape index (κ2) is 3.50. The fourth-order valence-corrected chi connectivity index (χ4v) is 1.53. The second-order valence-electron chi connectivity index (χ2n) is 1.32. The van der Waals surface area contributed by atoms with E-state index in [4.69, 9.17) is 0 Å². The van der Waals surface area contributed by atoms with Gasteiger partial charge in [0.25, 0.3) is 0 Å². The molecule has 0 spiro atoms. The molecule has 0 aromatic carbocycles. The molecule has 0 unspecified atom stereocenters. The van der Waals surface area contributed by atoms with E-state index in [0.717, 1.165) is 0 Å². The van der Waals surface area contributed by atoms with Crippen molar-refractivity contribution >= 4 is 11.8 Å². The van der Waals surface area contributed by atoms with Crippen molar-refractivity contribution in [3.8, 4) is 0 Å². The first-order valence-electron chi connectivity index (χ1n) is 2.08. The highest BCUT2D eigenvalue weighted by Crippen LogP contribution is 2.14. The van der Waals surface area contributed by atoms with E-state index in [9.17, 15) is 0 Å². The minimum Gasteiger partial charge on any atom is -0.344 e. The predicted octanol–water partition coefficient (Wildman–Crippen LogP) is 1.68. The number of thioether (sulfide) groups is 1. The second-order valence-corrected chi connectivity index (χ2v) is 2.54. The first-order chi connectivity index (χ1) is 2.50. The molecule has 1 saturated heterocycles. The Bertz CT molecular complexity index is 19.1. The Balaban J connectivity index is 0.000000250. The summed E-state index contributed by atoms with van der Waals surface area (Å²) in [5.74, 6) is 2.83. The fourth-order valence-electron chi connectivity index (χ4n) is 0.510. The summed E-state index contributed by atoms with van der Waals surface area (Å²) in [4.78, 5) is 0. The highest BCUT2D eigenvalue weighted by atomic mass is 32.2. The summed E-state index contributed by atoms with van der Waals surface area (Å²) >= 11 is 2.07. The topological polar surface area (TPSA) is 35.0 Å². The van der Waals surface area contributed by atoms with Crippen LogP contribution >= 0.6 is 11.8 Å². The van der Waals surface area contributed by atoms with Crippen molar-refractivity contribution in [2.24, 2.45) is 0 Å². The van der Waals surface area contributed by atoms with Crippen LogP contribution < -0.4 is 6.15 Å². The minimum atomic E-state index is 0. The van der Waals surface area contributed by atoms with E-state index in [2.05, 4.69) is 11.8 Å². The highest BCUT2D eigenvalue weighted by molar-refractivity contribution is 7.99. The largest absolute Gasteiger partial charge is 0.344 e. The van der Waals surface area contributed by atoms with Gasteiger partial charge in [0.05, 0.1) is 0 Å². The van der Waals surface area contributed by atoms with Crippen molar-refractivity contribution in [2.75, 3.05) is 11.5 Å². The summed E-state index contributed by atoms with van der Waals surface area (Å²) in [5, 5.41) is 0.